The molecule has 0 spiro atoms. The average molecular weight is 261 g/mol. The first kappa shape index (κ1) is 12.9. The number of amides is 1. The molecule has 0 saturated heterocycles. The molecule has 0 saturated carbocycles. The largest absolute Gasteiger partial charge is 0.320 e. The summed E-state index contributed by atoms with van der Waals surface area (Å²) in [4.78, 5) is 19.5. The standard InChI is InChI=1S/C12H12FN5O/c1-7-4-8(6-15-5-7)17-12(19)9-2-3-16-11(18-14)10(9)13/h2-6H,14H2,1H3,(H,16,18)(H,17,19). The Hall–Kier alpha value is -2.54. The molecule has 6 nitrogen and oxygen atoms in total. The van der Waals surface area contributed by atoms with Crippen molar-refractivity contribution in [3.63, 3.8) is 0 Å². The van der Waals surface area contributed by atoms with E-state index in [0.29, 0.717) is 5.69 Å². The van der Waals surface area contributed by atoms with E-state index in [0.717, 1.165) is 5.56 Å². The number of anilines is 2. The monoisotopic (exact) mass is 261 g/mol. The summed E-state index contributed by atoms with van der Waals surface area (Å²) in [6.07, 6.45) is 4.42. The number of nitrogens with zero attached hydrogens (tertiary/aromatic N) is 2. The van der Waals surface area contributed by atoms with Gasteiger partial charge in [0.1, 0.15) is 0 Å². The Kier molecular flexibility index (Phi) is 3.67. The fourth-order valence-corrected chi connectivity index (χ4v) is 1.54. The minimum atomic E-state index is -0.803. The summed E-state index contributed by atoms with van der Waals surface area (Å²) in [5, 5.41) is 2.55. The molecule has 2 heterocycles. The molecular formula is C12H12FN5O. The highest BCUT2D eigenvalue weighted by molar-refractivity contribution is 6.04. The van der Waals surface area contributed by atoms with Crippen LogP contribution in [0.1, 0.15) is 15.9 Å². The van der Waals surface area contributed by atoms with Crippen LogP contribution in [0.15, 0.2) is 30.7 Å². The Bertz CT molecular complexity index is 617. The topological polar surface area (TPSA) is 92.9 Å². The van der Waals surface area contributed by atoms with Crippen LogP contribution in [0.2, 0.25) is 0 Å². The van der Waals surface area contributed by atoms with E-state index in [1.165, 1.54) is 18.5 Å². The number of hydrogen-bond acceptors (Lipinski definition) is 5. The van der Waals surface area contributed by atoms with Gasteiger partial charge in [-0.3, -0.25) is 9.78 Å². The third-order valence-corrected chi connectivity index (χ3v) is 2.40. The maximum atomic E-state index is 13.8. The Labute approximate surface area is 108 Å². The molecule has 19 heavy (non-hydrogen) atoms. The van der Waals surface area contributed by atoms with E-state index in [1.807, 2.05) is 6.92 Å². The van der Waals surface area contributed by atoms with Crippen LogP contribution in [0.25, 0.3) is 0 Å². The van der Waals surface area contributed by atoms with E-state index in [1.54, 1.807) is 12.3 Å². The van der Waals surface area contributed by atoms with Crippen molar-refractivity contribution in [1.29, 1.82) is 0 Å². The lowest BCUT2D eigenvalue weighted by molar-refractivity contribution is 0.102. The molecule has 4 N–H and O–H groups in total. The highest BCUT2D eigenvalue weighted by Crippen LogP contribution is 2.16. The van der Waals surface area contributed by atoms with Gasteiger partial charge in [0.25, 0.3) is 5.91 Å². The van der Waals surface area contributed by atoms with Crippen LogP contribution >= 0.6 is 0 Å². The third kappa shape index (κ3) is 2.83. The molecule has 2 aromatic rings. The predicted octanol–water partition coefficient (Wildman–Crippen LogP) is 1.46. The fourth-order valence-electron chi connectivity index (χ4n) is 1.54. The van der Waals surface area contributed by atoms with Gasteiger partial charge in [0.2, 0.25) is 0 Å². The molecule has 0 aliphatic heterocycles. The fraction of sp³-hybridized carbons (Fsp3) is 0.0833. The molecule has 2 rings (SSSR count). The van der Waals surface area contributed by atoms with Gasteiger partial charge in [0.05, 0.1) is 17.4 Å². The number of halogens is 1. The maximum absolute atomic E-state index is 13.8. The first-order valence-electron chi connectivity index (χ1n) is 5.46. The summed E-state index contributed by atoms with van der Waals surface area (Å²) >= 11 is 0. The zero-order chi connectivity index (χ0) is 13.8. The molecule has 7 heteroatoms. The second-order valence-corrected chi connectivity index (χ2v) is 3.87. The zero-order valence-corrected chi connectivity index (χ0v) is 10.1. The zero-order valence-electron chi connectivity index (χ0n) is 10.1. The Morgan fingerprint density at radius 3 is 2.89 bits per heavy atom. The third-order valence-electron chi connectivity index (χ3n) is 2.40. The van der Waals surface area contributed by atoms with Crippen LogP contribution in [-0.2, 0) is 0 Å². The van der Waals surface area contributed by atoms with E-state index < -0.39 is 11.7 Å². The second kappa shape index (κ2) is 5.40. The molecule has 0 aliphatic rings. The molecule has 0 fully saturated rings. The number of nitrogen functional groups attached to an aromatic ring is 1. The molecule has 0 aliphatic carbocycles. The van der Waals surface area contributed by atoms with Crippen molar-refractivity contribution in [2.75, 3.05) is 10.7 Å². The number of carbonyl (C=O) groups excluding carboxylic acids is 1. The summed E-state index contributed by atoms with van der Waals surface area (Å²) < 4.78 is 13.8. The van der Waals surface area contributed by atoms with Gasteiger partial charge in [-0.25, -0.2) is 15.2 Å². The molecule has 0 bridgehead atoms. The molecule has 2 aromatic heterocycles. The van der Waals surface area contributed by atoms with E-state index >= 15 is 0 Å². The van der Waals surface area contributed by atoms with Crippen LogP contribution in [-0.4, -0.2) is 15.9 Å². The average Bonchev–Trinajstić information content (AvgIpc) is 2.39. The van der Waals surface area contributed by atoms with Crippen LogP contribution in [0.3, 0.4) is 0 Å². The summed E-state index contributed by atoms with van der Waals surface area (Å²) in [7, 11) is 0. The molecule has 0 atom stereocenters. The Morgan fingerprint density at radius 1 is 1.42 bits per heavy atom. The minimum Gasteiger partial charge on any atom is -0.320 e. The lowest BCUT2D eigenvalue weighted by atomic mass is 10.2. The first-order valence-corrected chi connectivity index (χ1v) is 5.46. The summed E-state index contributed by atoms with van der Waals surface area (Å²) in [5.74, 6) is 3.52. The first-order chi connectivity index (χ1) is 9.11. The lowest BCUT2D eigenvalue weighted by Gasteiger charge is -2.08. The van der Waals surface area contributed by atoms with Crippen molar-refractivity contribution in [2.24, 2.45) is 5.84 Å². The maximum Gasteiger partial charge on any atom is 0.258 e. The van der Waals surface area contributed by atoms with Crippen LogP contribution in [0, 0.1) is 12.7 Å². The molecule has 1 amide bonds. The number of nitrogens with one attached hydrogen (secondary N) is 2. The van der Waals surface area contributed by atoms with Gasteiger partial charge in [-0.15, -0.1) is 0 Å². The number of aryl methyl sites for hydroxylation is 1. The van der Waals surface area contributed by atoms with Crippen molar-refractivity contribution < 1.29 is 9.18 Å². The van der Waals surface area contributed by atoms with Gasteiger partial charge < -0.3 is 10.7 Å². The van der Waals surface area contributed by atoms with Gasteiger partial charge in [0.15, 0.2) is 11.6 Å². The number of pyridine rings is 2. The van der Waals surface area contributed by atoms with Crippen LogP contribution < -0.4 is 16.6 Å². The molecule has 0 unspecified atom stereocenters. The number of aromatic nitrogens is 2. The van der Waals surface area contributed by atoms with Gasteiger partial charge in [-0.1, -0.05) is 0 Å². The van der Waals surface area contributed by atoms with Gasteiger partial charge in [0, 0.05) is 12.4 Å². The quantitative estimate of drug-likeness (QED) is 0.574. The summed E-state index contributed by atoms with van der Waals surface area (Å²) in [6, 6.07) is 3.00. The minimum absolute atomic E-state index is 0.149. The highest BCUT2D eigenvalue weighted by Gasteiger charge is 2.15. The highest BCUT2D eigenvalue weighted by atomic mass is 19.1. The number of hydrogen-bond donors (Lipinski definition) is 3. The Morgan fingerprint density at radius 2 is 2.21 bits per heavy atom. The molecular weight excluding hydrogens is 249 g/mol. The van der Waals surface area contributed by atoms with Gasteiger partial charge in [-0.2, -0.15) is 0 Å². The van der Waals surface area contributed by atoms with E-state index in [9.17, 15) is 9.18 Å². The molecule has 0 radical (unpaired) electrons. The van der Waals surface area contributed by atoms with Gasteiger partial charge in [-0.05, 0) is 24.6 Å². The smallest absolute Gasteiger partial charge is 0.258 e. The number of rotatable bonds is 3. The second-order valence-electron chi connectivity index (χ2n) is 3.87. The predicted molar refractivity (Wildman–Crippen MR) is 68.9 cm³/mol. The van der Waals surface area contributed by atoms with E-state index in [4.69, 9.17) is 5.84 Å². The van der Waals surface area contributed by atoms with Crippen molar-refractivity contribution >= 4 is 17.4 Å². The van der Waals surface area contributed by atoms with Gasteiger partial charge >= 0.3 is 0 Å². The number of hydrazine groups is 1. The van der Waals surface area contributed by atoms with Crippen molar-refractivity contribution in [3.05, 3.63) is 47.7 Å². The summed E-state index contributed by atoms with van der Waals surface area (Å²) in [5.41, 5.74) is 3.31. The van der Waals surface area contributed by atoms with Crippen molar-refractivity contribution in [2.45, 2.75) is 6.92 Å². The van der Waals surface area contributed by atoms with Crippen LogP contribution in [0.4, 0.5) is 15.9 Å². The molecule has 98 valence electrons. The number of nitrogens with two attached hydrogens (primary N) is 1. The summed E-state index contributed by atoms with van der Waals surface area (Å²) in [6.45, 7) is 1.84. The van der Waals surface area contributed by atoms with Crippen molar-refractivity contribution in [1.82, 2.24) is 9.97 Å². The van der Waals surface area contributed by atoms with Crippen molar-refractivity contribution in [3.8, 4) is 0 Å². The number of carbonyl (C=O) groups is 1. The van der Waals surface area contributed by atoms with E-state index in [-0.39, 0.29) is 11.4 Å². The lowest BCUT2D eigenvalue weighted by Crippen LogP contribution is -2.17. The molecule has 0 aromatic carbocycles. The Balaban J connectivity index is 2.25. The normalized spacial score (nSPS) is 10.1. The van der Waals surface area contributed by atoms with Crippen LogP contribution in [0.5, 0.6) is 0 Å². The SMILES string of the molecule is Cc1cncc(NC(=O)c2ccnc(NN)c2F)c1. The van der Waals surface area contributed by atoms with E-state index in [2.05, 4.69) is 20.7 Å².